The monoisotopic (exact) mass is 335 g/mol. The molecule has 0 saturated heterocycles. The maximum absolute atomic E-state index is 4.56. The SMILES string of the molecule is Cc1cc(Br)ccc1NCc1c(C)nc2sccn12. The molecule has 0 aliphatic rings. The van der Waals surface area contributed by atoms with E-state index in [0.717, 1.165) is 27.4 Å². The van der Waals surface area contributed by atoms with Crippen molar-refractivity contribution in [2.45, 2.75) is 20.4 Å². The van der Waals surface area contributed by atoms with Gasteiger partial charge in [0.1, 0.15) is 0 Å². The maximum Gasteiger partial charge on any atom is 0.194 e. The van der Waals surface area contributed by atoms with Crippen molar-refractivity contribution in [3.05, 3.63) is 51.2 Å². The van der Waals surface area contributed by atoms with Gasteiger partial charge in [0, 0.05) is 21.7 Å². The molecular weight excluding hydrogens is 322 g/mol. The van der Waals surface area contributed by atoms with Gasteiger partial charge >= 0.3 is 0 Å². The first-order valence-electron chi connectivity index (χ1n) is 6.06. The molecule has 0 aliphatic carbocycles. The lowest BCUT2D eigenvalue weighted by atomic mass is 10.2. The number of aryl methyl sites for hydroxylation is 2. The minimum Gasteiger partial charge on any atom is -0.379 e. The molecule has 5 heteroatoms. The Bertz CT molecular complexity index is 729. The first kappa shape index (κ1) is 12.7. The first-order chi connectivity index (χ1) is 9.15. The van der Waals surface area contributed by atoms with Crippen LogP contribution in [0.4, 0.5) is 5.69 Å². The van der Waals surface area contributed by atoms with Crippen LogP contribution in [0.3, 0.4) is 0 Å². The number of aromatic nitrogens is 2. The predicted molar refractivity (Wildman–Crippen MR) is 84.0 cm³/mol. The number of benzene rings is 1. The van der Waals surface area contributed by atoms with Crippen LogP contribution in [0.5, 0.6) is 0 Å². The van der Waals surface area contributed by atoms with Crippen LogP contribution in [0.1, 0.15) is 17.0 Å². The highest BCUT2D eigenvalue weighted by Crippen LogP contribution is 2.22. The molecule has 98 valence electrons. The minimum atomic E-state index is 0.784. The Labute approximate surface area is 124 Å². The molecule has 0 aliphatic heterocycles. The van der Waals surface area contributed by atoms with Crippen LogP contribution in [0.15, 0.2) is 34.2 Å². The van der Waals surface area contributed by atoms with Crippen molar-refractivity contribution >= 4 is 37.9 Å². The van der Waals surface area contributed by atoms with Crippen molar-refractivity contribution in [3.8, 4) is 0 Å². The summed E-state index contributed by atoms with van der Waals surface area (Å²) in [4.78, 5) is 5.61. The lowest BCUT2D eigenvalue weighted by Crippen LogP contribution is -2.04. The second-order valence-electron chi connectivity index (χ2n) is 4.51. The lowest BCUT2D eigenvalue weighted by Gasteiger charge is -2.10. The minimum absolute atomic E-state index is 0.784. The fourth-order valence-electron chi connectivity index (χ4n) is 2.16. The number of fused-ring (bicyclic) bond motifs is 1. The highest BCUT2D eigenvalue weighted by atomic mass is 79.9. The number of hydrogen-bond donors (Lipinski definition) is 1. The standard InChI is InChI=1S/C14H14BrN3S/c1-9-7-11(15)3-4-12(9)16-8-13-10(2)17-14-18(13)5-6-19-14/h3-7,16H,8H2,1-2H3. The number of thiazole rings is 1. The molecule has 0 bridgehead atoms. The molecule has 1 N–H and O–H groups in total. The van der Waals surface area contributed by atoms with Crippen LogP contribution in [-0.2, 0) is 6.54 Å². The summed E-state index contributed by atoms with van der Waals surface area (Å²) >= 11 is 5.15. The summed E-state index contributed by atoms with van der Waals surface area (Å²) in [5, 5.41) is 5.55. The Kier molecular flexibility index (Phi) is 3.33. The normalized spacial score (nSPS) is 11.1. The number of nitrogens with one attached hydrogen (secondary N) is 1. The zero-order valence-corrected chi connectivity index (χ0v) is 13.2. The smallest absolute Gasteiger partial charge is 0.194 e. The topological polar surface area (TPSA) is 29.3 Å². The van der Waals surface area contributed by atoms with Gasteiger partial charge in [0.2, 0.25) is 0 Å². The third kappa shape index (κ3) is 2.40. The molecular formula is C14H14BrN3S. The van der Waals surface area contributed by atoms with E-state index >= 15 is 0 Å². The van der Waals surface area contributed by atoms with E-state index in [1.165, 1.54) is 11.3 Å². The summed E-state index contributed by atoms with van der Waals surface area (Å²) < 4.78 is 3.26. The number of rotatable bonds is 3. The molecule has 0 saturated carbocycles. The second kappa shape index (κ2) is 4.98. The summed E-state index contributed by atoms with van der Waals surface area (Å²) in [7, 11) is 0. The predicted octanol–water partition coefficient (Wildman–Crippen LogP) is 4.39. The van der Waals surface area contributed by atoms with E-state index < -0.39 is 0 Å². The summed E-state index contributed by atoms with van der Waals surface area (Å²) in [6.07, 6.45) is 2.07. The van der Waals surface area contributed by atoms with Crippen molar-refractivity contribution in [3.63, 3.8) is 0 Å². The van der Waals surface area contributed by atoms with Crippen LogP contribution in [-0.4, -0.2) is 9.38 Å². The number of halogens is 1. The largest absolute Gasteiger partial charge is 0.379 e. The molecule has 0 amide bonds. The van der Waals surface area contributed by atoms with Gasteiger partial charge in [-0.05, 0) is 37.6 Å². The summed E-state index contributed by atoms with van der Waals surface area (Å²) in [5.41, 5.74) is 4.71. The molecule has 1 aromatic carbocycles. The van der Waals surface area contributed by atoms with Crippen LogP contribution >= 0.6 is 27.3 Å². The molecule has 3 aromatic rings. The van der Waals surface area contributed by atoms with Crippen molar-refractivity contribution in [2.24, 2.45) is 0 Å². The van der Waals surface area contributed by atoms with E-state index in [4.69, 9.17) is 0 Å². The third-order valence-corrected chi connectivity index (χ3v) is 4.45. The third-order valence-electron chi connectivity index (χ3n) is 3.20. The van der Waals surface area contributed by atoms with E-state index in [1.807, 2.05) is 0 Å². The van der Waals surface area contributed by atoms with E-state index in [2.05, 4.69) is 74.3 Å². The van der Waals surface area contributed by atoms with Gasteiger partial charge in [0.15, 0.2) is 4.96 Å². The zero-order valence-electron chi connectivity index (χ0n) is 10.8. The van der Waals surface area contributed by atoms with Gasteiger partial charge < -0.3 is 5.32 Å². The maximum atomic E-state index is 4.56. The molecule has 0 spiro atoms. The highest BCUT2D eigenvalue weighted by Gasteiger charge is 2.09. The van der Waals surface area contributed by atoms with Gasteiger partial charge in [-0.25, -0.2) is 4.98 Å². The van der Waals surface area contributed by atoms with Gasteiger partial charge in [0.25, 0.3) is 0 Å². The van der Waals surface area contributed by atoms with Crippen molar-refractivity contribution in [1.29, 1.82) is 0 Å². The quantitative estimate of drug-likeness (QED) is 0.769. The molecule has 2 heterocycles. The molecule has 19 heavy (non-hydrogen) atoms. The van der Waals surface area contributed by atoms with Gasteiger partial charge in [-0.3, -0.25) is 4.40 Å². The second-order valence-corrected chi connectivity index (χ2v) is 6.30. The molecule has 3 rings (SSSR count). The molecule has 2 aromatic heterocycles. The molecule has 3 nitrogen and oxygen atoms in total. The van der Waals surface area contributed by atoms with Crippen molar-refractivity contribution in [2.75, 3.05) is 5.32 Å². The Morgan fingerprint density at radius 2 is 2.21 bits per heavy atom. The first-order valence-corrected chi connectivity index (χ1v) is 7.73. The van der Waals surface area contributed by atoms with Gasteiger partial charge in [-0.1, -0.05) is 15.9 Å². The van der Waals surface area contributed by atoms with E-state index in [9.17, 15) is 0 Å². The molecule has 0 fully saturated rings. The lowest BCUT2D eigenvalue weighted by molar-refractivity contribution is 0.992. The molecule has 0 atom stereocenters. The average Bonchev–Trinajstić information content (AvgIpc) is 2.90. The zero-order chi connectivity index (χ0) is 13.4. The number of anilines is 1. The van der Waals surface area contributed by atoms with Crippen LogP contribution in [0, 0.1) is 13.8 Å². The Morgan fingerprint density at radius 3 is 3.00 bits per heavy atom. The Hall–Kier alpha value is -1.33. The summed E-state index contributed by atoms with van der Waals surface area (Å²) in [6.45, 7) is 4.95. The highest BCUT2D eigenvalue weighted by molar-refractivity contribution is 9.10. The van der Waals surface area contributed by atoms with Crippen LogP contribution in [0.2, 0.25) is 0 Å². The fourth-order valence-corrected chi connectivity index (χ4v) is 3.41. The average molecular weight is 336 g/mol. The molecule has 0 unspecified atom stereocenters. The number of hydrogen-bond acceptors (Lipinski definition) is 3. The van der Waals surface area contributed by atoms with Gasteiger partial charge in [-0.2, -0.15) is 0 Å². The molecule has 0 radical (unpaired) electrons. The van der Waals surface area contributed by atoms with Crippen LogP contribution in [0.25, 0.3) is 4.96 Å². The number of nitrogens with zero attached hydrogens (tertiary/aromatic N) is 2. The summed E-state index contributed by atoms with van der Waals surface area (Å²) in [6, 6.07) is 6.27. The number of imidazole rings is 1. The van der Waals surface area contributed by atoms with Gasteiger partial charge in [-0.15, -0.1) is 11.3 Å². The van der Waals surface area contributed by atoms with Crippen LogP contribution < -0.4 is 5.32 Å². The Morgan fingerprint density at radius 1 is 1.37 bits per heavy atom. The van der Waals surface area contributed by atoms with Crippen molar-refractivity contribution < 1.29 is 0 Å². The van der Waals surface area contributed by atoms with E-state index in [1.54, 1.807) is 11.3 Å². The van der Waals surface area contributed by atoms with E-state index in [0.29, 0.717) is 0 Å². The Balaban J connectivity index is 1.85. The fraction of sp³-hybridized carbons (Fsp3) is 0.214. The van der Waals surface area contributed by atoms with Gasteiger partial charge in [0.05, 0.1) is 17.9 Å². The summed E-state index contributed by atoms with van der Waals surface area (Å²) in [5.74, 6) is 0. The van der Waals surface area contributed by atoms with E-state index in [-0.39, 0.29) is 0 Å². The van der Waals surface area contributed by atoms with Crippen molar-refractivity contribution in [1.82, 2.24) is 9.38 Å².